The molecule has 67 heavy (non-hydrogen) atoms. The molecule has 0 radical (unpaired) electrons. The number of carbonyl (C=O) groups excluding carboxylic acids is 4. The van der Waals surface area contributed by atoms with Gasteiger partial charge in [-0.1, -0.05) is 54.1 Å². The number of anilines is 2. The summed E-state index contributed by atoms with van der Waals surface area (Å²) in [5.74, 6) is -2.79. The van der Waals surface area contributed by atoms with E-state index in [4.69, 9.17) is 21.1 Å². The molecular formula is C46H51ClN8O10S2. The maximum Gasteiger partial charge on any atom is 0.340 e. The summed E-state index contributed by atoms with van der Waals surface area (Å²) in [7, 11) is -7.65. The van der Waals surface area contributed by atoms with Crippen molar-refractivity contribution >= 4 is 67.0 Å². The molecule has 2 aromatic heterocycles. The van der Waals surface area contributed by atoms with Crippen LogP contribution in [-0.2, 0) is 50.6 Å². The Bertz CT molecular complexity index is 2770. The van der Waals surface area contributed by atoms with Gasteiger partial charge in [0.1, 0.15) is 23.8 Å². The van der Waals surface area contributed by atoms with Crippen molar-refractivity contribution < 1.29 is 45.5 Å². The van der Waals surface area contributed by atoms with Gasteiger partial charge in [-0.25, -0.2) is 36.4 Å². The largest absolute Gasteiger partial charge is 0.462 e. The molecule has 2 N–H and O–H groups in total. The molecule has 4 heterocycles. The van der Waals surface area contributed by atoms with Crippen LogP contribution in [0.5, 0.6) is 0 Å². The minimum absolute atomic E-state index is 0.215. The molecule has 354 valence electrons. The van der Waals surface area contributed by atoms with Gasteiger partial charge in [-0.3, -0.25) is 19.0 Å². The first kappa shape index (κ1) is 51.4. The number of rotatable bonds is 14. The number of hydrogen-bond acceptors (Lipinski definition) is 16. The topological polar surface area (TPSA) is 259 Å². The highest BCUT2D eigenvalue weighted by atomic mass is 35.5. The average Bonchev–Trinajstić information content (AvgIpc) is 3.29. The summed E-state index contributed by atoms with van der Waals surface area (Å²) in [5.41, 5.74) is 2.99. The standard InChI is InChI=1S/C23H25ClN4O5S.C23H26N4O5S/c1-3-33-23(30)20-12-18(13-25)21(26-15(20)2)28-10-8-17(9-11-28)22(29)27-34(31,32)14-16-4-6-19(24)7-5-16;1-3-32-23(29)20-13-19(14-24)21(25-16(20)2)27-11-9-18(10-12-27)22(28)26-33(30,31)15-17-7-5-4-6-8-17/h4-7,12,17H,3,8-11,14H2,1-2H3,(H,27,29);4-8,13,18H,3,9-12,15H2,1-2H3,(H,26,28). The minimum Gasteiger partial charge on any atom is -0.462 e. The van der Waals surface area contributed by atoms with Crippen molar-refractivity contribution in [2.24, 2.45) is 11.8 Å². The van der Waals surface area contributed by atoms with Crippen LogP contribution in [-0.4, -0.2) is 89.9 Å². The summed E-state index contributed by atoms with van der Waals surface area (Å²) in [6.45, 7) is 8.86. The number of amides is 2. The fourth-order valence-corrected chi connectivity index (χ4v) is 9.99. The number of carbonyl (C=O) groups is 4. The van der Waals surface area contributed by atoms with E-state index in [9.17, 15) is 46.5 Å². The fraction of sp³-hybridized carbons (Fsp3) is 0.391. The Kier molecular flexibility index (Phi) is 17.8. The Morgan fingerprint density at radius 1 is 0.657 bits per heavy atom. The lowest BCUT2D eigenvalue weighted by Crippen LogP contribution is -2.43. The second-order valence-corrected chi connectivity index (χ2v) is 19.6. The van der Waals surface area contributed by atoms with Crippen LogP contribution in [0.4, 0.5) is 11.6 Å². The first-order valence-electron chi connectivity index (χ1n) is 21.4. The van der Waals surface area contributed by atoms with Gasteiger partial charge in [0.15, 0.2) is 0 Å². The van der Waals surface area contributed by atoms with Gasteiger partial charge in [0.2, 0.25) is 31.9 Å². The van der Waals surface area contributed by atoms with Crippen LogP contribution in [0.15, 0.2) is 66.7 Å². The summed E-state index contributed by atoms with van der Waals surface area (Å²) < 4.78 is 64.0. The molecule has 0 atom stereocenters. The zero-order valence-electron chi connectivity index (χ0n) is 37.5. The van der Waals surface area contributed by atoms with E-state index >= 15 is 0 Å². The molecule has 2 saturated heterocycles. The number of halogens is 1. The van der Waals surface area contributed by atoms with Gasteiger partial charge in [-0.05, 0) is 88.8 Å². The zero-order valence-corrected chi connectivity index (χ0v) is 39.8. The van der Waals surface area contributed by atoms with Crippen LogP contribution < -0.4 is 19.2 Å². The first-order chi connectivity index (χ1) is 31.9. The quantitative estimate of drug-likeness (QED) is 0.153. The number of aryl methyl sites for hydroxylation is 2. The van der Waals surface area contributed by atoms with Crippen molar-refractivity contribution in [2.75, 3.05) is 49.2 Å². The molecule has 2 aliphatic rings. The van der Waals surface area contributed by atoms with Crippen LogP contribution in [0.2, 0.25) is 5.02 Å². The highest BCUT2D eigenvalue weighted by Crippen LogP contribution is 2.29. The molecule has 2 amide bonds. The van der Waals surface area contributed by atoms with E-state index in [1.54, 1.807) is 82.3 Å². The molecular weight excluding hydrogens is 924 g/mol. The third-order valence-electron chi connectivity index (χ3n) is 10.9. The fourth-order valence-electron chi connectivity index (χ4n) is 7.51. The Morgan fingerprint density at radius 3 is 1.39 bits per heavy atom. The lowest BCUT2D eigenvalue weighted by Gasteiger charge is -2.32. The van der Waals surface area contributed by atoms with Crippen molar-refractivity contribution in [3.05, 3.63) is 117 Å². The normalized spacial score (nSPS) is 14.4. The van der Waals surface area contributed by atoms with Crippen molar-refractivity contribution in [3.63, 3.8) is 0 Å². The van der Waals surface area contributed by atoms with Gasteiger partial charge < -0.3 is 19.3 Å². The van der Waals surface area contributed by atoms with E-state index in [1.807, 2.05) is 9.80 Å². The molecule has 2 aliphatic heterocycles. The second-order valence-electron chi connectivity index (χ2n) is 15.7. The summed E-state index contributed by atoms with van der Waals surface area (Å²) in [6, 6.07) is 22.1. The molecule has 0 saturated carbocycles. The van der Waals surface area contributed by atoms with Crippen molar-refractivity contribution in [2.45, 2.75) is 64.9 Å². The van der Waals surface area contributed by atoms with Gasteiger partial charge in [-0.15, -0.1) is 0 Å². The third-order valence-corrected chi connectivity index (χ3v) is 13.6. The average molecular weight is 976 g/mol. The van der Waals surface area contributed by atoms with Crippen LogP contribution >= 0.6 is 11.6 Å². The van der Waals surface area contributed by atoms with Crippen LogP contribution in [0.25, 0.3) is 0 Å². The van der Waals surface area contributed by atoms with Crippen molar-refractivity contribution in [1.82, 2.24) is 19.4 Å². The van der Waals surface area contributed by atoms with Gasteiger partial charge in [0.05, 0.1) is 58.4 Å². The number of hydrogen-bond donors (Lipinski definition) is 2. The maximum atomic E-state index is 12.6. The third kappa shape index (κ3) is 14.2. The van der Waals surface area contributed by atoms with E-state index < -0.39 is 55.6 Å². The Morgan fingerprint density at radius 2 is 1.03 bits per heavy atom. The molecule has 4 aromatic rings. The number of esters is 2. The summed E-state index contributed by atoms with van der Waals surface area (Å²) in [5, 5.41) is 19.6. The molecule has 0 aliphatic carbocycles. The van der Waals surface area contributed by atoms with Crippen LogP contribution in [0, 0.1) is 48.3 Å². The highest BCUT2D eigenvalue weighted by Gasteiger charge is 2.32. The summed E-state index contributed by atoms with van der Waals surface area (Å²) in [4.78, 5) is 62.0. The highest BCUT2D eigenvalue weighted by molar-refractivity contribution is 7.89. The molecule has 0 bridgehead atoms. The molecule has 2 fully saturated rings. The van der Waals surface area contributed by atoms with E-state index in [2.05, 4.69) is 31.6 Å². The summed E-state index contributed by atoms with van der Waals surface area (Å²) in [6.07, 6.45) is 1.62. The van der Waals surface area contributed by atoms with Gasteiger partial charge in [-0.2, -0.15) is 10.5 Å². The molecule has 2 aromatic carbocycles. The van der Waals surface area contributed by atoms with Gasteiger partial charge >= 0.3 is 11.9 Å². The molecule has 21 heteroatoms. The maximum absolute atomic E-state index is 12.6. The number of sulfonamides is 2. The molecule has 18 nitrogen and oxygen atoms in total. The number of nitrogens with zero attached hydrogens (tertiary/aromatic N) is 6. The number of nitriles is 2. The Hall–Kier alpha value is -6.61. The van der Waals surface area contributed by atoms with Gasteiger partial charge in [0, 0.05) is 43.0 Å². The second kappa shape index (κ2) is 23.2. The van der Waals surface area contributed by atoms with E-state index in [-0.39, 0.29) is 47.0 Å². The van der Waals surface area contributed by atoms with Crippen molar-refractivity contribution in [1.29, 1.82) is 10.5 Å². The Labute approximate surface area is 395 Å². The Balaban J connectivity index is 0.000000251. The summed E-state index contributed by atoms with van der Waals surface area (Å²) >= 11 is 5.82. The first-order valence-corrected chi connectivity index (χ1v) is 25.1. The number of piperidine rings is 2. The lowest BCUT2D eigenvalue weighted by atomic mass is 9.96. The van der Waals surface area contributed by atoms with Crippen LogP contribution in [0.3, 0.4) is 0 Å². The number of benzene rings is 2. The molecule has 0 unspecified atom stereocenters. The zero-order chi connectivity index (χ0) is 48.9. The minimum atomic E-state index is -3.85. The SMILES string of the molecule is CCOC(=O)c1cc(C#N)c(N2CCC(C(=O)NS(=O)(=O)Cc3ccc(Cl)cc3)CC2)nc1C.CCOC(=O)c1cc(C#N)c(N2CCC(C(=O)NS(=O)(=O)Cc3ccccc3)CC2)nc1C. The van der Waals surface area contributed by atoms with E-state index in [1.165, 1.54) is 12.1 Å². The lowest BCUT2D eigenvalue weighted by molar-refractivity contribution is -0.124. The van der Waals surface area contributed by atoms with E-state index in [0.29, 0.717) is 91.0 Å². The number of aromatic nitrogens is 2. The smallest absolute Gasteiger partial charge is 0.340 e. The predicted molar refractivity (Wildman–Crippen MR) is 249 cm³/mol. The van der Waals surface area contributed by atoms with E-state index in [0.717, 1.165) is 0 Å². The van der Waals surface area contributed by atoms with Crippen LogP contribution in [0.1, 0.15) is 93.9 Å². The predicted octanol–water partition coefficient (Wildman–Crippen LogP) is 5.26. The number of nitrogens with one attached hydrogen (secondary N) is 2. The van der Waals surface area contributed by atoms with Crippen molar-refractivity contribution in [3.8, 4) is 12.1 Å². The monoisotopic (exact) mass is 974 g/mol. The van der Waals surface area contributed by atoms with Gasteiger partial charge in [0.25, 0.3) is 0 Å². The number of pyridine rings is 2. The molecule has 0 spiro atoms. The molecule has 6 rings (SSSR count). The number of ether oxygens (including phenoxy) is 2.